The number of hydrogen-bond acceptors (Lipinski definition) is 3. The predicted octanol–water partition coefficient (Wildman–Crippen LogP) is 1.92. The molecule has 0 saturated heterocycles. The number of rotatable bonds is 8. The molecule has 0 radical (unpaired) electrons. The van der Waals surface area contributed by atoms with E-state index in [1.165, 1.54) is 0 Å². The second-order valence-corrected chi connectivity index (χ2v) is 4.75. The third-order valence-electron chi connectivity index (χ3n) is 3.52. The number of aliphatic carboxylic acids is 1. The van der Waals surface area contributed by atoms with E-state index in [1.54, 1.807) is 0 Å². The van der Waals surface area contributed by atoms with Gasteiger partial charge >= 0.3 is 5.97 Å². The van der Waals surface area contributed by atoms with Crippen molar-refractivity contribution in [2.45, 2.75) is 25.8 Å². The maximum Gasteiger partial charge on any atom is 0.328 e. The van der Waals surface area contributed by atoms with E-state index in [4.69, 9.17) is 0 Å². The quantitative estimate of drug-likeness (QED) is 0.753. The first-order chi connectivity index (χ1) is 9.06. The number of likely N-dealkylation sites (N-methyl/N-ethyl adjacent to an activating group) is 1. The van der Waals surface area contributed by atoms with Gasteiger partial charge in [0.2, 0.25) is 0 Å². The van der Waals surface area contributed by atoms with Crippen molar-refractivity contribution in [1.29, 1.82) is 0 Å². The monoisotopic (exact) mass is 264 g/mol. The molecule has 1 unspecified atom stereocenters. The molecular weight excluding hydrogens is 240 g/mol. The Morgan fingerprint density at radius 1 is 1.32 bits per heavy atom. The summed E-state index contributed by atoms with van der Waals surface area (Å²) in [5, 5.41) is 12.9. The Labute approximate surface area is 115 Å². The number of benzene rings is 1. The topological polar surface area (TPSA) is 52.6 Å². The van der Waals surface area contributed by atoms with E-state index in [2.05, 4.69) is 17.1 Å². The molecule has 19 heavy (non-hydrogen) atoms. The van der Waals surface area contributed by atoms with Gasteiger partial charge in [0.25, 0.3) is 0 Å². The van der Waals surface area contributed by atoms with Crippen molar-refractivity contribution < 1.29 is 9.90 Å². The third-order valence-corrected chi connectivity index (χ3v) is 3.52. The van der Waals surface area contributed by atoms with Crippen molar-refractivity contribution in [3.63, 3.8) is 0 Å². The van der Waals surface area contributed by atoms with Gasteiger partial charge in [-0.05, 0) is 32.1 Å². The average Bonchev–Trinajstić information content (AvgIpc) is 2.43. The van der Waals surface area contributed by atoms with Crippen LogP contribution in [0.15, 0.2) is 30.3 Å². The molecule has 0 spiro atoms. The Hall–Kier alpha value is -1.39. The molecule has 0 aliphatic rings. The molecule has 0 fully saturated rings. The second-order valence-electron chi connectivity index (χ2n) is 4.75. The van der Waals surface area contributed by atoms with Gasteiger partial charge in [0, 0.05) is 6.54 Å². The van der Waals surface area contributed by atoms with E-state index in [0.717, 1.165) is 18.7 Å². The second kappa shape index (κ2) is 7.26. The van der Waals surface area contributed by atoms with Crippen LogP contribution in [0, 0.1) is 0 Å². The van der Waals surface area contributed by atoms with Crippen LogP contribution in [-0.4, -0.2) is 42.7 Å². The van der Waals surface area contributed by atoms with Crippen LogP contribution in [0.2, 0.25) is 0 Å². The van der Waals surface area contributed by atoms with Crippen LogP contribution in [0.1, 0.15) is 25.8 Å². The average molecular weight is 264 g/mol. The maximum absolute atomic E-state index is 11.8. The molecule has 1 rings (SSSR count). The van der Waals surface area contributed by atoms with Crippen molar-refractivity contribution in [2.75, 3.05) is 26.7 Å². The van der Waals surface area contributed by atoms with Crippen LogP contribution in [0.5, 0.6) is 0 Å². The molecule has 0 aromatic heterocycles. The van der Waals surface area contributed by atoms with Crippen LogP contribution < -0.4 is 5.32 Å². The number of hydrogen-bond donors (Lipinski definition) is 2. The molecule has 0 bridgehead atoms. The van der Waals surface area contributed by atoms with Crippen molar-refractivity contribution in [1.82, 2.24) is 10.2 Å². The van der Waals surface area contributed by atoms with Gasteiger partial charge in [-0.15, -0.1) is 0 Å². The zero-order chi connectivity index (χ0) is 14.3. The molecule has 0 heterocycles. The molecule has 0 saturated carbocycles. The van der Waals surface area contributed by atoms with E-state index in [9.17, 15) is 9.90 Å². The number of carboxylic acids is 1. The molecule has 1 aromatic carbocycles. The minimum Gasteiger partial charge on any atom is -0.480 e. The summed E-state index contributed by atoms with van der Waals surface area (Å²) in [4.78, 5) is 14.0. The van der Waals surface area contributed by atoms with Gasteiger partial charge in [0.05, 0.1) is 0 Å². The van der Waals surface area contributed by atoms with Gasteiger partial charge in [-0.25, -0.2) is 4.79 Å². The van der Waals surface area contributed by atoms with Gasteiger partial charge in [0.15, 0.2) is 0 Å². The summed E-state index contributed by atoms with van der Waals surface area (Å²) in [6.45, 7) is 6.28. The molecule has 2 N–H and O–H groups in total. The molecule has 106 valence electrons. The fourth-order valence-electron chi connectivity index (χ4n) is 2.18. The first kappa shape index (κ1) is 15.7. The Kier molecular flexibility index (Phi) is 5.99. The fraction of sp³-hybridized carbons (Fsp3) is 0.533. The van der Waals surface area contributed by atoms with E-state index in [-0.39, 0.29) is 0 Å². The lowest BCUT2D eigenvalue weighted by Crippen LogP contribution is -2.50. The van der Waals surface area contributed by atoms with Gasteiger partial charge in [-0.2, -0.15) is 0 Å². The number of nitrogens with one attached hydrogen (secondary N) is 1. The Balaban J connectivity index is 3.04. The first-order valence-electron chi connectivity index (χ1n) is 6.79. The number of nitrogens with zero attached hydrogens (tertiary/aromatic N) is 1. The molecule has 4 nitrogen and oxygen atoms in total. The maximum atomic E-state index is 11.8. The van der Waals surface area contributed by atoms with Gasteiger partial charge < -0.3 is 10.0 Å². The summed E-state index contributed by atoms with van der Waals surface area (Å²) in [5.74, 6) is -0.815. The van der Waals surface area contributed by atoms with Gasteiger partial charge in [0.1, 0.15) is 5.54 Å². The fourth-order valence-corrected chi connectivity index (χ4v) is 2.18. The Morgan fingerprint density at radius 3 is 2.42 bits per heavy atom. The molecule has 0 aliphatic heterocycles. The molecule has 1 aromatic rings. The smallest absolute Gasteiger partial charge is 0.328 e. The van der Waals surface area contributed by atoms with Crippen LogP contribution >= 0.6 is 0 Å². The van der Waals surface area contributed by atoms with Crippen LogP contribution in [0.4, 0.5) is 0 Å². The van der Waals surface area contributed by atoms with Crippen molar-refractivity contribution in [3.05, 3.63) is 35.9 Å². The zero-order valence-corrected chi connectivity index (χ0v) is 12.0. The van der Waals surface area contributed by atoms with Crippen molar-refractivity contribution in [2.24, 2.45) is 0 Å². The highest BCUT2D eigenvalue weighted by atomic mass is 16.4. The van der Waals surface area contributed by atoms with Gasteiger partial charge in [-0.1, -0.05) is 44.2 Å². The summed E-state index contributed by atoms with van der Waals surface area (Å²) in [5.41, 5.74) is -0.187. The summed E-state index contributed by atoms with van der Waals surface area (Å²) >= 11 is 0. The summed E-state index contributed by atoms with van der Waals surface area (Å²) in [7, 11) is 2.00. The first-order valence-corrected chi connectivity index (χ1v) is 6.79. The zero-order valence-electron chi connectivity index (χ0n) is 12.0. The van der Waals surface area contributed by atoms with E-state index in [1.807, 2.05) is 44.3 Å². The highest BCUT2D eigenvalue weighted by Gasteiger charge is 2.39. The molecule has 4 heteroatoms. The van der Waals surface area contributed by atoms with E-state index >= 15 is 0 Å². The Morgan fingerprint density at radius 2 is 1.95 bits per heavy atom. The highest BCUT2D eigenvalue weighted by Crippen LogP contribution is 2.26. The number of carbonyl (C=O) groups is 1. The van der Waals surface area contributed by atoms with Crippen molar-refractivity contribution in [3.8, 4) is 0 Å². The lowest BCUT2D eigenvalue weighted by atomic mass is 9.86. The molecular formula is C15H24N2O2. The minimum atomic E-state index is -1.00. The van der Waals surface area contributed by atoms with Crippen LogP contribution in [0.3, 0.4) is 0 Å². The van der Waals surface area contributed by atoms with E-state index in [0.29, 0.717) is 13.0 Å². The van der Waals surface area contributed by atoms with Crippen LogP contribution in [0.25, 0.3) is 0 Å². The largest absolute Gasteiger partial charge is 0.480 e. The third kappa shape index (κ3) is 3.78. The summed E-state index contributed by atoms with van der Waals surface area (Å²) in [6, 6.07) is 9.42. The van der Waals surface area contributed by atoms with E-state index < -0.39 is 11.5 Å². The van der Waals surface area contributed by atoms with Crippen LogP contribution in [-0.2, 0) is 10.3 Å². The predicted molar refractivity (Wildman–Crippen MR) is 77.2 cm³/mol. The van der Waals surface area contributed by atoms with Gasteiger partial charge in [-0.3, -0.25) is 5.32 Å². The molecule has 0 aliphatic carbocycles. The highest BCUT2D eigenvalue weighted by molar-refractivity contribution is 5.80. The minimum absolute atomic E-state index is 0.546. The molecule has 1 atom stereocenters. The number of carboxylic acid groups (broad SMARTS) is 1. The lowest BCUT2D eigenvalue weighted by Gasteiger charge is -2.32. The normalized spacial score (nSPS) is 14.3. The van der Waals surface area contributed by atoms with Crippen molar-refractivity contribution >= 4 is 5.97 Å². The Bertz CT molecular complexity index is 394. The molecule has 0 amide bonds. The lowest BCUT2D eigenvalue weighted by molar-refractivity contribution is -0.146. The summed E-state index contributed by atoms with van der Waals surface area (Å²) in [6.07, 6.45) is 0.546. The standard InChI is InChI=1S/C15H24N2O2/c1-4-16-15(14(18)19,11-12-17(3)5-2)13-9-7-6-8-10-13/h6-10,16H,4-5,11-12H2,1-3H3,(H,18,19). The SMILES string of the molecule is CCNC(CCN(C)CC)(C(=O)O)c1ccccc1. The summed E-state index contributed by atoms with van der Waals surface area (Å²) < 4.78 is 0.